The smallest absolute Gasteiger partial charge is 0.258 e. The Hall–Kier alpha value is -2.64. The van der Waals surface area contributed by atoms with E-state index in [9.17, 15) is 4.79 Å². The van der Waals surface area contributed by atoms with Crippen molar-refractivity contribution < 1.29 is 9.53 Å². The second-order valence-corrected chi connectivity index (χ2v) is 9.18. The SMILES string of the molecule is CCC(C)n1c(NC(=O)c2cc(C)nc(C)c2)nc2ccc(OCCN3CCCC3)c(Cl)c21. The third-order valence-electron chi connectivity index (χ3n) is 6.22. The van der Waals surface area contributed by atoms with Crippen LogP contribution in [0.1, 0.15) is 60.9 Å². The van der Waals surface area contributed by atoms with Crippen molar-refractivity contribution in [2.45, 2.75) is 53.0 Å². The summed E-state index contributed by atoms with van der Waals surface area (Å²) in [7, 11) is 0. The standard InChI is InChI=1S/C25H32ClN5O2/c1-5-18(4)31-23-20(8-9-21(22(23)26)33-13-12-30-10-6-7-11-30)28-25(31)29-24(32)19-14-16(2)27-17(3)15-19/h8-9,14-15,18H,5-7,10-13H2,1-4H3,(H,28,29,32). The molecule has 1 fully saturated rings. The summed E-state index contributed by atoms with van der Waals surface area (Å²) in [6, 6.07) is 7.41. The molecule has 3 aromatic rings. The molecule has 3 heterocycles. The first-order valence-corrected chi connectivity index (χ1v) is 12.1. The van der Waals surface area contributed by atoms with Gasteiger partial charge in [0.15, 0.2) is 0 Å². The van der Waals surface area contributed by atoms with Crippen LogP contribution in [0.4, 0.5) is 5.95 Å². The maximum Gasteiger partial charge on any atom is 0.258 e. The summed E-state index contributed by atoms with van der Waals surface area (Å²) >= 11 is 6.83. The second kappa shape index (κ2) is 10.1. The Bertz CT molecular complexity index is 1130. The molecule has 0 bridgehead atoms. The van der Waals surface area contributed by atoms with Crippen LogP contribution < -0.4 is 10.1 Å². The van der Waals surface area contributed by atoms with Gasteiger partial charge in [0.05, 0.1) is 11.0 Å². The van der Waals surface area contributed by atoms with Gasteiger partial charge in [-0.05, 0) is 77.4 Å². The van der Waals surface area contributed by atoms with E-state index in [-0.39, 0.29) is 11.9 Å². The van der Waals surface area contributed by atoms with Crippen LogP contribution in [-0.4, -0.2) is 51.6 Å². The van der Waals surface area contributed by atoms with Gasteiger partial charge < -0.3 is 9.30 Å². The minimum absolute atomic E-state index is 0.0866. The molecule has 176 valence electrons. The van der Waals surface area contributed by atoms with Crippen LogP contribution in [0.15, 0.2) is 24.3 Å². The number of hydrogen-bond acceptors (Lipinski definition) is 5. The van der Waals surface area contributed by atoms with Crippen molar-refractivity contribution >= 4 is 34.5 Å². The molecule has 1 saturated heterocycles. The van der Waals surface area contributed by atoms with Crippen molar-refractivity contribution in [1.29, 1.82) is 0 Å². The van der Waals surface area contributed by atoms with Crippen molar-refractivity contribution in [2.75, 3.05) is 31.6 Å². The molecule has 1 aliphatic rings. The van der Waals surface area contributed by atoms with E-state index in [1.165, 1.54) is 12.8 Å². The zero-order chi connectivity index (χ0) is 23.5. The van der Waals surface area contributed by atoms with Crippen LogP contribution in [0.5, 0.6) is 5.75 Å². The van der Waals surface area contributed by atoms with Crippen LogP contribution >= 0.6 is 11.6 Å². The summed E-state index contributed by atoms with van der Waals surface area (Å²) in [4.78, 5) is 24.5. The summed E-state index contributed by atoms with van der Waals surface area (Å²) in [6.45, 7) is 11.7. The van der Waals surface area contributed by atoms with Crippen molar-refractivity contribution in [3.05, 3.63) is 46.2 Å². The van der Waals surface area contributed by atoms with Gasteiger partial charge in [0, 0.05) is 29.5 Å². The minimum atomic E-state index is -0.221. The fraction of sp³-hybridized carbons (Fsp3) is 0.480. The highest BCUT2D eigenvalue weighted by atomic mass is 35.5. The van der Waals surface area contributed by atoms with Gasteiger partial charge in [0.25, 0.3) is 5.91 Å². The number of rotatable bonds is 8. The van der Waals surface area contributed by atoms with Gasteiger partial charge in [0.2, 0.25) is 5.95 Å². The number of carbonyl (C=O) groups is 1. The fourth-order valence-electron chi connectivity index (χ4n) is 4.37. The molecule has 0 saturated carbocycles. The summed E-state index contributed by atoms with van der Waals surface area (Å²) in [5.41, 5.74) is 3.66. The van der Waals surface area contributed by atoms with E-state index in [0.29, 0.717) is 28.9 Å². The molecule has 1 amide bonds. The molecule has 33 heavy (non-hydrogen) atoms. The number of likely N-dealkylation sites (tertiary alicyclic amines) is 1. The topological polar surface area (TPSA) is 72.3 Å². The van der Waals surface area contributed by atoms with E-state index in [0.717, 1.165) is 48.5 Å². The molecular weight excluding hydrogens is 438 g/mol. The van der Waals surface area contributed by atoms with Gasteiger partial charge in [-0.25, -0.2) is 4.98 Å². The number of aromatic nitrogens is 3. The number of nitrogens with one attached hydrogen (secondary N) is 1. The van der Waals surface area contributed by atoms with Gasteiger partial charge >= 0.3 is 0 Å². The highest BCUT2D eigenvalue weighted by Gasteiger charge is 2.22. The van der Waals surface area contributed by atoms with Gasteiger partial charge in [-0.3, -0.25) is 20.0 Å². The van der Waals surface area contributed by atoms with E-state index < -0.39 is 0 Å². The lowest BCUT2D eigenvalue weighted by molar-refractivity contribution is 0.102. The van der Waals surface area contributed by atoms with Crippen LogP contribution in [0.3, 0.4) is 0 Å². The summed E-state index contributed by atoms with van der Waals surface area (Å²) in [5, 5.41) is 3.52. The second-order valence-electron chi connectivity index (χ2n) is 8.80. The molecule has 4 rings (SSSR count). The van der Waals surface area contributed by atoms with E-state index in [1.54, 1.807) is 12.1 Å². The normalized spacial score (nSPS) is 15.2. The zero-order valence-corrected chi connectivity index (χ0v) is 20.6. The number of anilines is 1. The van der Waals surface area contributed by atoms with Crippen LogP contribution in [0, 0.1) is 13.8 Å². The Morgan fingerprint density at radius 1 is 1.18 bits per heavy atom. The predicted molar refractivity (Wildman–Crippen MR) is 133 cm³/mol. The number of hydrogen-bond donors (Lipinski definition) is 1. The van der Waals surface area contributed by atoms with Gasteiger partial charge in [-0.15, -0.1) is 0 Å². The molecule has 7 nitrogen and oxygen atoms in total. The summed E-state index contributed by atoms with van der Waals surface area (Å²) in [5.74, 6) is 0.903. The minimum Gasteiger partial charge on any atom is -0.491 e. The maximum atomic E-state index is 13.0. The summed E-state index contributed by atoms with van der Waals surface area (Å²) < 4.78 is 8.06. The maximum absolute atomic E-state index is 13.0. The van der Waals surface area contributed by atoms with Crippen LogP contribution in [0.25, 0.3) is 11.0 Å². The number of ether oxygens (including phenoxy) is 1. The molecule has 1 unspecified atom stereocenters. The monoisotopic (exact) mass is 469 g/mol. The molecule has 1 aromatic carbocycles. The van der Waals surface area contributed by atoms with Crippen LogP contribution in [0.2, 0.25) is 5.02 Å². The van der Waals surface area contributed by atoms with Crippen molar-refractivity contribution in [3.63, 3.8) is 0 Å². The number of fused-ring (bicyclic) bond motifs is 1. The predicted octanol–water partition coefficient (Wildman–Crippen LogP) is 5.40. The van der Waals surface area contributed by atoms with E-state index in [4.69, 9.17) is 21.3 Å². The first kappa shape index (κ1) is 23.5. The lowest BCUT2D eigenvalue weighted by atomic mass is 10.2. The molecule has 1 aliphatic heterocycles. The third-order valence-corrected chi connectivity index (χ3v) is 6.58. The van der Waals surface area contributed by atoms with Gasteiger partial charge in [-0.2, -0.15) is 0 Å². The average Bonchev–Trinajstić information content (AvgIpc) is 3.42. The zero-order valence-electron chi connectivity index (χ0n) is 19.8. The number of benzene rings is 1. The number of imidazole rings is 1. The first-order valence-electron chi connectivity index (χ1n) is 11.7. The quantitative estimate of drug-likeness (QED) is 0.478. The first-order chi connectivity index (χ1) is 15.9. The van der Waals surface area contributed by atoms with E-state index in [1.807, 2.05) is 30.5 Å². The highest BCUT2D eigenvalue weighted by Crippen LogP contribution is 2.37. The third kappa shape index (κ3) is 5.14. The Labute approximate surface area is 200 Å². The van der Waals surface area contributed by atoms with E-state index in [2.05, 4.69) is 29.0 Å². The van der Waals surface area contributed by atoms with Crippen molar-refractivity contribution in [1.82, 2.24) is 19.4 Å². The van der Waals surface area contributed by atoms with Gasteiger partial charge in [-0.1, -0.05) is 18.5 Å². The molecule has 2 aromatic heterocycles. The molecule has 0 radical (unpaired) electrons. The van der Waals surface area contributed by atoms with Crippen molar-refractivity contribution in [3.8, 4) is 5.75 Å². The molecule has 1 atom stereocenters. The number of halogens is 1. The number of carbonyl (C=O) groups excluding carboxylic acids is 1. The number of pyridine rings is 1. The van der Waals surface area contributed by atoms with Crippen molar-refractivity contribution in [2.24, 2.45) is 0 Å². The largest absolute Gasteiger partial charge is 0.491 e. The Balaban J connectivity index is 1.63. The Morgan fingerprint density at radius 2 is 1.88 bits per heavy atom. The lowest BCUT2D eigenvalue weighted by Gasteiger charge is -2.18. The summed E-state index contributed by atoms with van der Waals surface area (Å²) in [6.07, 6.45) is 3.38. The number of aryl methyl sites for hydroxylation is 2. The molecule has 0 spiro atoms. The molecular formula is C25H32ClN5O2. The fourth-order valence-corrected chi connectivity index (χ4v) is 4.68. The number of nitrogens with zero attached hydrogens (tertiary/aromatic N) is 4. The lowest BCUT2D eigenvalue weighted by Crippen LogP contribution is -2.25. The van der Waals surface area contributed by atoms with Crippen LogP contribution in [-0.2, 0) is 0 Å². The molecule has 1 N–H and O–H groups in total. The van der Waals surface area contributed by atoms with Gasteiger partial charge in [0.1, 0.15) is 17.4 Å². The average molecular weight is 470 g/mol. The van der Waals surface area contributed by atoms with E-state index >= 15 is 0 Å². The molecule has 8 heteroatoms. The highest BCUT2D eigenvalue weighted by molar-refractivity contribution is 6.36. The number of amides is 1. The Morgan fingerprint density at radius 3 is 2.55 bits per heavy atom. The Kier molecular flexibility index (Phi) is 7.20. The molecule has 0 aliphatic carbocycles.